The fourth-order valence-electron chi connectivity index (χ4n) is 1.14. The van der Waals surface area contributed by atoms with Crippen LogP contribution < -0.4 is 0 Å². The average Bonchev–Trinajstić information content (AvgIpc) is 1.88. The van der Waals surface area contributed by atoms with Crippen molar-refractivity contribution in [3.05, 3.63) is 0 Å². The Balaban J connectivity index is 2.36. The van der Waals surface area contributed by atoms with Crippen molar-refractivity contribution in [3.8, 4) is 0 Å². The van der Waals surface area contributed by atoms with E-state index in [2.05, 4.69) is 6.92 Å². The summed E-state index contributed by atoms with van der Waals surface area (Å²) in [6.45, 7) is 2.89. The molecule has 3 unspecified atom stereocenters. The summed E-state index contributed by atoms with van der Waals surface area (Å²) >= 11 is 5.93. The molecule has 0 saturated carbocycles. The second-order valence-corrected chi connectivity index (χ2v) is 3.35. The summed E-state index contributed by atoms with van der Waals surface area (Å²) in [6, 6.07) is 0. The molecular formula is C7H13ClO2. The maximum Gasteiger partial charge on any atom is 0.173 e. The van der Waals surface area contributed by atoms with Gasteiger partial charge in [0.15, 0.2) is 6.29 Å². The van der Waals surface area contributed by atoms with Crippen LogP contribution in [0.3, 0.4) is 0 Å². The maximum atomic E-state index is 5.93. The molecule has 0 amide bonds. The van der Waals surface area contributed by atoms with Gasteiger partial charge in [-0.3, -0.25) is 0 Å². The van der Waals surface area contributed by atoms with Crippen LogP contribution in [0, 0.1) is 5.92 Å². The van der Waals surface area contributed by atoms with E-state index in [1.165, 1.54) is 0 Å². The molecule has 1 fully saturated rings. The second-order valence-electron chi connectivity index (χ2n) is 2.79. The lowest BCUT2D eigenvalue weighted by Gasteiger charge is -2.29. The van der Waals surface area contributed by atoms with Gasteiger partial charge in [0.05, 0.1) is 12.0 Å². The molecule has 3 heteroatoms. The fraction of sp³-hybridized carbons (Fsp3) is 1.00. The zero-order chi connectivity index (χ0) is 7.56. The Kier molecular flexibility index (Phi) is 2.96. The monoisotopic (exact) mass is 164 g/mol. The van der Waals surface area contributed by atoms with Gasteiger partial charge < -0.3 is 9.47 Å². The van der Waals surface area contributed by atoms with Gasteiger partial charge in [-0.25, -0.2) is 0 Å². The summed E-state index contributed by atoms with van der Waals surface area (Å²) in [5, 5.41) is 0.0220. The van der Waals surface area contributed by atoms with E-state index in [1.807, 2.05) is 0 Å². The Morgan fingerprint density at radius 2 is 2.30 bits per heavy atom. The third-order valence-corrected chi connectivity index (χ3v) is 2.08. The van der Waals surface area contributed by atoms with Crippen molar-refractivity contribution in [2.24, 2.45) is 5.92 Å². The first-order valence-electron chi connectivity index (χ1n) is 3.52. The number of rotatable bonds is 1. The van der Waals surface area contributed by atoms with Crippen molar-refractivity contribution >= 4 is 11.6 Å². The largest absolute Gasteiger partial charge is 0.354 e. The normalized spacial score (nSPS) is 41.7. The van der Waals surface area contributed by atoms with Crippen LogP contribution in [0.2, 0.25) is 0 Å². The van der Waals surface area contributed by atoms with Crippen molar-refractivity contribution in [1.29, 1.82) is 0 Å². The number of hydrogen-bond acceptors (Lipinski definition) is 2. The van der Waals surface area contributed by atoms with Gasteiger partial charge in [-0.1, -0.05) is 6.92 Å². The Morgan fingerprint density at radius 3 is 2.80 bits per heavy atom. The van der Waals surface area contributed by atoms with Gasteiger partial charge in [0, 0.05) is 7.11 Å². The lowest BCUT2D eigenvalue weighted by Crippen LogP contribution is -2.35. The van der Waals surface area contributed by atoms with Gasteiger partial charge in [-0.05, 0) is 12.3 Å². The predicted molar refractivity (Wildman–Crippen MR) is 40.2 cm³/mol. The van der Waals surface area contributed by atoms with Crippen LogP contribution in [0.25, 0.3) is 0 Å². The lowest BCUT2D eigenvalue weighted by atomic mass is 10.0. The van der Waals surface area contributed by atoms with Crippen LogP contribution in [0.15, 0.2) is 0 Å². The van der Waals surface area contributed by atoms with E-state index in [-0.39, 0.29) is 11.7 Å². The van der Waals surface area contributed by atoms with Crippen molar-refractivity contribution in [3.63, 3.8) is 0 Å². The zero-order valence-corrected chi connectivity index (χ0v) is 7.10. The molecule has 0 aromatic heterocycles. The van der Waals surface area contributed by atoms with E-state index >= 15 is 0 Å². The van der Waals surface area contributed by atoms with E-state index in [1.54, 1.807) is 7.11 Å². The second kappa shape index (κ2) is 3.56. The van der Waals surface area contributed by atoms with Crippen molar-refractivity contribution in [2.75, 3.05) is 13.7 Å². The van der Waals surface area contributed by atoms with E-state index < -0.39 is 0 Å². The topological polar surface area (TPSA) is 18.5 Å². The number of hydrogen-bond donors (Lipinski definition) is 0. The molecule has 1 rings (SSSR count). The first-order chi connectivity index (χ1) is 4.74. The quantitative estimate of drug-likeness (QED) is 0.549. The highest BCUT2D eigenvalue weighted by atomic mass is 35.5. The number of halogens is 1. The first-order valence-corrected chi connectivity index (χ1v) is 3.96. The van der Waals surface area contributed by atoms with Gasteiger partial charge in [0.2, 0.25) is 0 Å². The first kappa shape index (κ1) is 8.31. The summed E-state index contributed by atoms with van der Waals surface area (Å²) in [4.78, 5) is 0. The number of alkyl halides is 1. The molecule has 0 bridgehead atoms. The molecule has 0 radical (unpaired) electrons. The van der Waals surface area contributed by atoms with E-state index in [9.17, 15) is 0 Å². The standard InChI is InChI=1S/C7H13ClO2/c1-5-3-6(8)7(9-2)10-4-5/h5-7H,3-4H2,1-2H3. The molecule has 0 aliphatic carbocycles. The summed E-state index contributed by atoms with van der Waals surface area (Å²) in [5.74, 6) is 0.564. The summed E-state index contributed by atoms with van der Waals surface area (Å²) < 4.78 is 10.3. The Hall–Kier alpha value is 0.210. The third-order valence-electron chi connectivity index (χ3n) is 1.70. The summed E-state index contributed by atoms with van der Waals surface area (Å²) in [5.41, 5.74) is 0. The molecule has 0 spiro atoms. The van der Waals surface area contributed by atoms with Crippen molar-refractivity contribution < 1.29 is 9.47 Å². The van der Waals surface area contributed by atoms with Crippen molar-refractivity contribution in [1.82, 2.24) is 0 Å². The number of methoxy groups -OCH3 is 1. The minimum Gasteiger partial charge on any atom is -0.354 e. The fourth-order valence-corrected chi connectivity index (χ4v) is 1.62. The Labute approximate surface area is 66.5 Å². The molecule has 2 nitrogen and oxygen atoms in total. The van der Waals surface area contributed by atoms with Crippen LogP contribution in [-0.2, 0) is 9.47 Å². The van der Waals surface area contributed by atoms with Crippen LogP contribution in [0.5, 0.6) is 0 Å². The molecule has 10 heavy (non-hydrogen) atoms. The maximum absolute atomic E-state index is 5.93. The molecule has 1 aliphatic heterocycles. The highest BCUT2D eigenvalue weighted by Gasteiger charge is 2.27. The third kappa shape index (κ3) is 1.84. The Bertz CT molecular complexity index is 108. The van der Waals surface area contributed by atoms with Gasteiger partial charge in [0.25, 0.3) is 0 Å². The summed E-state index contributed by atoms with van der Waals surface area (Å²) in [7, 11) is 1.62. The Morgan fingerprint density at radius 1 is 1.60 bits per heavy atom. The van der Waals surface area contributed by atoms with Crippen LogP contribution in [0.1, 0.15) is 13.3 Å². The van der Waals surface area contributed by atoms with Gasteiger partial charge in [0.1, 0.15) is 0 Å². The summed E-state index contributed by atoms with van der Waals surface area (Å²) in [6.07, 6.45) is 0.790. The SMILES string of the molecule is COC1OCC(C)CC1Cl. The van der Waals surface area contributed by atoms with E-state index in [4.69, 9.17) is 21.1 Å². The minimum atomic E-state index is -0.196. The molecule has 0 N–H and O–H groups in total. The molecule has 0 aromatic carbocycles. The molecule has 1 heterocycles. The molecular weight excluding hydrogens is 152 g/mol. The van der Waals surface area contributed by atoms with E-state index in [0.29, 0.717) is 5.92 Å². The molecule has 1 saturated heterocycles. The van der Waals surface area contributed by atoms with E-state index in [0.717, 1.165) is 13.0 Å². The smallest absolute Gasteiger partial charge is 0.173 e. The van der Waals surface area contributed by atoms with Crippen LogP contribution >= 0.6 is 11.6 Å². The zero-order valence-electron chi connectivity index (χ0n) is 6.34. The van der Waals surface area contributed by atoms with Crippen LogP contribution in [0.4, 0.5) is 0 Å². The highest BCUT2D eigenvalue weighted by Crippen LogP contribution is 2.23. The minimum absolute atomic E-state index is 0.0220. The van der Waals surface area contributed by atoms with Gasteiger partial charge in [-0.15, -0.1) is 11.6 Å². The van der Waals surface area contributed by atoms with Gasteiger partial charge >= 0.3 is 0 Å². The lowest BCUT2D eigenvalue weighted by molar-refractivity contribution is -0.154. The highest BCUT2D eigenvalue weighted by molar-refractivity contribution is 6.20. The predicted octanol–water partition coefficient (Wildman–Crippen LogP) is 1.62. The van der Waals surface area contributed by atoms with Crippen molar-refractivity contribution in [2.45, 2.75) is 25.0 Å². The molecule has 60 valence electrons. The molecule has 0 aromatic rings. The van der Waals surface area contributed by atoms with Crippen LogP contribution in [-0.4, -0.2) is 25.4 Å². The number of ether oxygens (including phenoxy) is 2. The molecule has 1 aliphatic rings. The average molecular weight is 165 g/mol. The molecule has 3 atom stereocenters. The van der Waals surface area contributed by atoms with Gasteiger partial charge in [-0.2, -0.15) is 0 Å².